The topological polar surface area (TPSA) is 38.0 Å². The van der Waals surface area contributed by atoms with E-state index in [1.165, 1.54) is 0 Å². The van der Waals surface area contributed by atoms with Crippen LogP contribution in [0.15, 0.2) is 11.1 Å². The zero-order valence-electron chi connectivity index (χ0n) is 7.07. The fourth-order valence-electron chi connectivity index (χ4n) is 0.845. The lowest BCUT2D eigenvalue weighted by Crippen LogP contribution is -1.95. The van der Waals surface area contributed by atoms with Gasteiger partial charge in [0.1, 0.15) is 5.03 Å². The molecule has 1 aromatic rings. The van der Waals surface area contributed by atoms with Crippen LogP contribution in [0.3, 0.4) is 0 Å². The van der Waals surface area contributed by atoms with E-state index in [4.69, 9.17) is 0 Å². The van der Waals surface area contributed by atoms with Crippen molar-refractivity contribution in [2.75, 3.05) is 12.5 Å². The first-order chi connectivity index (χ1) is 5.15. The zero-order chi connectivity index (χ0) is 8.43. The van der Waals surface area contributed by atoms with Crippen molar-refractivity contribution in [1.29, 1.82) is 0 Å². The van der Waals surface area contributed by atoms with Gasteiger partial charge in [0.25, 0.3) is 0 Å². The summed E-state index contributed by atoms with van der Waals surface area (Å²) in [6.07, 6.45) is 4.24. The average molecular weight is 174 g/mol. The van der Waals surface area contributed by atoms with Gasteiger partial charge in [0.15, 0.2) is 0 Å². The highest BCUT2D eigenvalue weighted by molar-refractivity contribution is 8.15. The van der Waals surface area contributed by atoms with Gasteiger partial charge in [-0.25, -0.2) is 15.6 Å². The molecular formula is C7H14N2OS. The van der Waals surface area contributed by atoms with E-state index in [9.17, 15) is 5.11 Å². The monoisotopic (exact) mass is 174 g/mol. The van der Waals surface area contributed by atoms with E-state index in [1.807, 2.05) is 6.92 Å². The predicted molar refractivity (Wildman–Crippen MR) is 48.7 cm³/mol. The van der Waals surface area contributed by atoms with Crippen LogP contribution in [-0.2, 0) is 6.54 Å². The van der Waals surface area contributed by atoms with Crippen molar-refractivity contribution in [3.8, 4) is 5.88 Å². The zero-order valence-corrected chi connectivity index (χ0v) is 7.97. The van der Waals surface area contributed by atoms with Gasteiger partial charge in [0.05, 0.1) is 0 Å². The van der Waals surface area contributed by atoms with E-state index in [0.717, 1.165) is 11.6 Å². The van der Waals surface area contributed by atoms with E-state index >= 15 is 0 Å². The lowest BCUT2D eigenvalue weighted by Gasteiger charge is -2.02. The molecule has 0 aromatic carbocycles. The molecule has 0 saturated carbocycles. The van der Waals surface area contributed by atoms with Gasteiger partial charge in [-0.2, -0.15) is 5.10 Å². The van der Waals surface area contributed by atoms with Crippen LogP contribution in [0.1, 0.15) is 6.92 Å². The molecule has 3 nitrogen and oxygen atoms in total. The predicted octanol–water partition coefficient (Wildman–Crippen LogP) is 1.23. The number of thiol groups is 1. The maximum absolute atomic E-state index is 9.29. The first-order valence-corrected chi connectivity index (χ1v) is 5.83. The maximum Gasteiger partial charge on any atom is 0.210 e. The Morgan fingerprint density at radius 1 is 1.64 bits per heavy atom. The van der Waals surface area contributed by atoms with Crippen molar-refractivity contribution in [3.05, 3.63) is 6.07 Å². The van der Waals surface area contributed by atoms with Crippen LogP contribution < -0.4 is 0 Å². The summed E-state index contributed by atoms with van der Waals surface area (Å²) < 4.78 is 1.61. The Hall–Kier alpha value is -0.640. The third kappa shape index (κ3) is 1.68. The van der Waals surface area contributed by atoms with E-state index in [2.05, 4.69) is 17.6 Å². The van der Waals surface area contributed by atoms with Crippen LogP contribution in [-0.4, -0.2) is 27.4 Å². The normalized spacial score (nSPS) is 11.7. The standard InChI is InChI=1S/C7H14N2OS/c1-4-9-7(10)5-6(8-9)11(2)3/h5,10-11H,4H2,1-3H3. The largest absolute Gasteiger partial charge is 0.493 e. The molecule has 11 heavy (non-hydrogen) atoms. The Morgan fingerprint density at radius 3 is 2.55 bits per heavy atom. The van der Waals surface area contributed by atoms with Crippen molar-refractivity contribution < 1.29 is 5.11 Å². The van der Waals surface area contributed by atoms with E-state index in [1.54, 1.807) is 10.7 Å². The molecule has 0 aliphatic rings. The fraction of sp³-hybridized carbons (Fsp3) is 0.571. The molecule has 0 saturated heterocycles. The summed E-state index contributed by atoms with van der Waals surface area (Å²) in [5.41, 5.74) is 0. The summed E-state index contributed by atoms with van der Waals surface area (Å²) in [4.78, 5) is 0. The second-order valence-corrected chi connectivity index (χ2v) is 4.82. The fourth-order valence-corrected chi connectivity index (χ4v) is 1.51. The molecule has 1 aromatic heterocycles. The van der Waals surface area contributed by atoms with Crippen molar-refractivity contribution >= 4 is 10.9 Å². The second-order valence-electron chi connectivity index (χ2n) is 2.57. The maximum atomic E-state index is 9.29. The van der Waals surface area contributed by atoms with Gasteiger partial charge < -0.3 is 5.11 Å². The van der Waals surface area contributed by atoms with Gasteiger partial charge in [-0.15, -0.1) is 0 Å². The summed E-state index contributed by atoms with van der Waals surface area (Å²) >= 11 is 0. The van der Waals surface area contributed by atoms with Crippen LogP contribution in [0.5, 0.6) is 5.88 Å². The molecule has 1 N–H and O–H groups in total. The molecule has 0 unspecified atom stereocenters. The Kier molecular flexibility index (Phi) is 2.44. The molecule has 4 heteroatoms. The van der Waals surface area contributed by atoms with Gasteiger partial charge in [0, 0.05) is 12.6 Å². The average Bonchev–Trinajstić information content (AvgIpc) is 2.31. The first kappa shape index (κ1) is 8.46. The number of aromatic hydroxyl groups is 1. The summed E-state index contributed by atoms with van der Waals surface area (Å²) in [5, 5.41) is 14.5. The van der Waals surface area contributed by atoms with Gasteiger partial charge in [-0.1, -0.05) is 0 Å². The second kappa shape index (κ2) is 3.17. The van der Waals surface area contributed by atoms with Crippen LogP contribution in [0.25, 0.3) is 0 Å². The minimum Gasteiger partial charge on any atom is -0.493 e. The highest BCUT2D eigenvalue weighted by Crippen LogP contribution is 2.29. The van der Waals surface area contributed by atoms with Crippen LogP contribution in [0, 0.1) is 0 Å². The van der Waals surface area contributed by atoms with E-state index < -0.39 is 0 Å². The third-order valence-electron chi connectivity index (χ3n) is 1.50. The van der Waals surface area contributed by atoms with Crippen molar-refractivity contribution in [3.63, 3.8) is 0 Å². The Labute approximate surface area is 69.4 Å². The molecule has 0 radical (unpaired) electrons. The molecule has 0 spiro atoms. The smallest absolute Gasteiger partial charge is 0.210 e. The molecule has 0 fully saturated rings. The molecule has 0 bridgehead atoms. The van der Waals surface area contributed by atoms with Crippen LogP contribution in [0.4, 0.5) is 0 Å². The van der Waals surface area contributed by atoms with Crippen molar-refractivity contribution in [2.24, 2.45) is 0 Å². The molecule has 0 atom stereocenters. The van der Waals surface area contributed by atoms with Gasteiger partial charge in [0.2, 0.25) is 5.88 Å². The molecule has 0 aliphatic carbocycles. The number of hydrogen-bond donors (Lipinski definition) is 2. The SMILES string of the molecule is CCn1nc([SH](C)C)cc1O. The summed E-state index contributed by atoms with van der Waals surface area (Å²) in [6.45, 7) is 2.69. The highest BCUT2D eigenvalue weighted by Gasteiger charge is 2.05. The van der Waals surface area contributed by atoms with Crippen molar-refractivity contribution in [2.45, 2.75) is 18.5 Å². The summed E-state index contributed by atoms with van der Waals surface area (Å²) in [6, 6.07) is 1.75. The minimum atomic E-state index is -0.189. The van der Waals surface area contributed by atoms with Gasteiger partial charge in [-0.3, -0.25) is 0 Å². The van der Waals surface area contributed by atoms with Crippen molar-refractivity contribution in [1.82, 2.24) is 9.78 Å². The third-order valence-corrected chi connectivity index (χ3v) is 2.64. The Bertz CT molecular complexity index is 245. The first-order valence-electron chi connectivity index (χ1n) is 3.59. The van der Waals surface area contributed by atoms with Crippen LogP contribution >= 0.6 is 10.9 Å². The Balaban J connectivity index is 2.95. The number of aryl methyl sites for hydroxylation is 1. The quantitative estimate of drug-likeness (QED) is 0.662. The van der Waals surface area contributed by atoms with Crippen LogP contribution in [0.2, 0.25) is 0 Å². The molecule has 1 rings (SSSR count). The lowest BCUT2D eigenvalue weighted by molar-refractivity contribution is 0.404. The Morgan fingerprint density at radius 2 is 2.27 bits per heavy atom. The number of aromatic nitrogens is 2. The molecule has 1 heterocycles. The summed E-state index contributed by atoms with van der Waals surface area (Å²) in [7, 11) is -0.189. The lowest BCUT2D eigenvalue weighted by atomic mass is 10.7. The molecular weight excluding hydrogens is 160 g/mol. The minimum absolute atomic E-state index is 0.189. The summed E-state index contributed by atoms with van der Waals surface area (Å²) in [5.74, 6) is 0.277. The van der Waals surface area contributed by atoms with Gasteiger partial charge >= 0.3 is 0 Å². The number of nitrogens with zero attached hydrogens (tertiary/aromatic N) is 2. The molecule has 64 valence electrons. The van der Waals surface area contributed by atoms with E-state index in [0.29, 0.717) is 0 Å². The number of rotatable bonds is 2. The molecule has 0 aliphatic heterocycles. The molecule has 0 amide bonds. The highest BCUT2D eigenvalue weighted by atomic mass is 32.2. The van der Waals surface area contributed by atoms with Gasteiger partial charge in [-0.05, 0) is 19.4 Å². The number of hydrogen-bond acceptors (Lipinski definition) is 2. The van der Waals surface area contributed by atoms with E-state index in [-0.39, 0.29) is 16.8 Å².